The van der Waals surface area contributed by atoms with Crippen LogP contribution in [0.15, 0.2) is 12.1 Å². The molecule has 90 valence electrons. The SMILES string of the molecule is CCNCC(C)(O)c1c(C)cc(C)cc1F. The summed E-state index contributed by atoms with van der Waals surface area (Å²) in [6.07, 6.45) is 0. The summed E-state index contributed by atoms with van der Waals surface area (Å²) in [5.74, 6) is -0.333. The highest BCUT2D eigenvalue weighted by atomic mass is 19.1. The van der Waals surface area contributed by atoms with E-state index in [-0.39, 0.29) is 5.82 Å². The van der Waals surface area contributed by atoms with Gasteiger partial charge in [0.15, 0.2) is 0 Å². The normalized spacial score (nSPS) is 14.9. The molecule has 0 aliphatic carbocycles. The first-order chi connectivity index (χ1) is 7.38. The van der Waals surface area contributed by atoms with E-state index in [0.29, 0.717) is 12.1 Å². The Kier molecular flexibility index (Phi) is 4.05. The van der Waals surface area contributed by atoms with Crippen molar-refractivity contribution in [3.05, 3.63) is 34.6 Å². The molecule has 2 N–H and O–H groups in total. The molecule has 0 fully saturated rings. The van der Waals surface area contributed by atoms with Gasteiger partial charge >= 0.3 is 0 Å². The minimum absolute atomic E-state index is 0.333. The van der Waals surface area contributed by atoms with Crippen LogP contribution in [0.3, 0.4) is 0 Å². The van der Waals surface area contributed by atoms with Gasteiger partial charge in [-0.2, -0.15) is 0 Å². The van der Waals surface area contributed by atoms with Gasteiger partial charge in [0.25, 0.3) is 0 Å². The summed E-state index contributed by atoms with van der Waals surface area (Å²) in [5, 5.41) is 13.3. The van der Waals surface area contributed by atoms with E-state index in [1.54, 1.807) is 6.92 Å². The second kappa shape index (κ2) is 4.93. The number of halogens is 1. The first kappa shape index (κ1) is 13.1. The Morgan fingerprint density at radius 2 is 2.00 bits per heavy atom. The maximum atomic E-state index is 13.8. The number of aryl methyl sites for hydroxylation is 2. The average molecular weight is 225 g/mol. The number of nitrogens with one attached hydrogen (secondary N) is 1. The van der Waals surface area contributed by atoms with Crippen LogP contribution in [0.5, 0.6) is 0 Å². The molecule has 1 rings (SSSR count). The zero-order valence-electron chi connectivity index (χ0n) is 10.4. The molecule has 0 heterocycles. The van der Waals surface area contributed by atoms with Crippen molar-refractivity contribution in [2.45, 2.75) is 33.3 Å². The van der Waals surface area contributed by atoms with Gasteiger partial charge in [-0.1, -0.05) is 13.0 Å². The van der Waals surface area contributed by atoms with Crippen molar-refractivity contribution in [3.63, 3.8) is 0 Å². The standard InChI is InChI=1S/C13H20FNO/c1-5-15-8-13(4,16)12-10(3)6-9(2)7-11(12)14/h6-7,15-16H,5,8H2,1-4H3. The minimum atomic E-state index is -1.17. The Hall–Kier alpha value is -0.930. The van der Waals surface area contributed by atoms with Gasteiger partial charge in [-0.05, 0) is 44.5 Å². The summed E-state index contributed by atoms with van der Waals surface area (Å²) in [5.41, 5.74) is 0.884. The Labute approximate surface area is 96.5 Å². The van der Waals surface area contributed by atoms with Crippen LogP contribution in [0.4, 0.5) is 4.39 Å². The summed E-state index contributed by atoms with van der Waals surface area (Å²) in [4.78, 5) is 0. The maximum absolute atomic E-state index is 13.8. The number of hydrogen-bond donors (Lipinski definition) is 2. The molecule has 1 unspecified atom stereocenters. The Morgan fingerprint density at radius 1 is 1.38 bits per heavy atom. The molecular formula is C13H20FNO. The van der Waals surface area contributed by atoms with Crippen molar-refractivity contribution in [2.24, 2.45) is 0 Å². The molecule has 0 saturated heterocycles. The summed E-state index contributed by atoms with van der Waals surface area (Å²) >= 11 is 0. The Balaban J connectivity index is 3.11. The molecule has 0 spiro atoms. The van der Waals surface area contributed by atoms with Crippen molar-refractivity contribution in [1.82, 2.24) is 5.32 Å². The lowest BCUT2D eigenvalue weighted by Crippen LogP contribution is -2.36. The van der Waals surface area contributed by atoms with E-state index in [4.69, 9.17) is 0 Å². The maximum Gasteiger partial charge on any atom is 0.129 e. The Morgan fingerprint density at radius 3 is 2.50 bits per heavy atom. The molecule has 0 amide bonds. The molecular weight excluding hydrogens is 205 g/mol. The van der Waals surface area contributed by atoms with Crippen LogP contribution >= 0.6 is 0 Å². The molecule has 2 nitrogen and oxygen atoms in total. The van der Waals surface area contributed by atoms with Crippen molar-refractivity contribution >= 4 is 0 Å². The number of hydrogen-bond acceptors (Lipinski definition) is 2. The zero-order chi connectivity index (χ0) is 12.3. The number of rotatable bonds is 4. The van der Waals surface area contributed by atoms with E-state index in [0.717, 1.165) is 17.7 Å². The molecule has 0 aliphatic rings. The van der Waals surface area contributed by atoms with Crippen molar-refractivity contribution < 1.29 is 9.50 Å². The van der Waals surface area contributed by atoms with Crippen LogP contribution in [0, 0.1) is 19.7 Å². The van der Waals surface area contributed by atoms with Crippen LogP contribution in [0.1, 0.15) is 30.5 Å². The Bertz CT molecular complexity index is 351. The number of benzene rings is 1. The van der Waals surface area contributed by atoms with Gasteiger partial charge in [0.1, 0.15) is 11.4 Å². The van der Waals surface area contributed by atoms with Crippen molar-refractivity contribution in [2.75, 3.05) is 13.1 Å². The average Bonchev–Trinajstić information content (AvgIpc) is 2.12. The highest BCUT2D eigenvalue weighted by molar-refractivity contribution is 5.36. The summed E-state index contributed by atoms with van der Waals surface area (Å²) in [7, 11) is 0. The molecule has 0 saturated carbocycles. The van der Waals surface area contributed by atoms with E-state index in [1.807, 2.05) is 26.8 Å². The third kappa shape index (κ3) is 2.80. The van der Waals surface area contributed by atoms with Crippen molar-refractivity contribution in [3.8, 4) is 0 Å². The van der Waals surface area contributed by atoms with E-state index in [2.05, 4.69) is 5.32 Å². The van der Waals surface area contributed by atoms with Gasteiger partial charge in [0.2, 0.25) is 0 Å². The lowest BCUT2D eigenvalue weighted by atomic mass is 9.90. The minimum Gasteiger partial charge on any atom is -0.384 e. The van der Waals surface area contributed by atoms with Gasteiger partial charge in [-0.15, -0.1) is 0 Å². The van der Waals surface area contributed by atoms with Gasteiger partial charge in [-0.3, -0.25) is 0 Å². The fraction of sp³-hybridized carbons (Fsp3) is 0.538. The fourth-order valence-electron chi connectivity index (χ4n) is 2.05. The molecule has 1 atom stereocenters. The summed E-state index contributed by atoms with van der Waals surface area (Å²) in [6, 6.07) is 3.35. The predicted molar refractivity (Wildman–Crippen MR) is 64.0 cm³/mol. The molecule has 0 bridgehead atoms. The van der Waals surface area contributed by atoms with Crippen LogP contribution < -0.4 is 5.32 Å². The molecule has 16 heavy (non-hydrogen) atoms. The molecule has 1 aromatic carbocycles. The van der Waals surface area contributed by atoms with E-state index >= 15 is 0 Å². The van der Waals surface area contributed by atoms with Crippen LogP contribution in [-0.2, 0) is 5.60 Å². The van der Waals surface area contributed by atoms with Gasteiger partial charge in [0, 0.05) is 12.1 Å². The van der Waals surface area contributed by atoms with Crippen molar-refractivity contribution in [1.29, 1.82) is 0 Å². The lowest BCUT2D eigenvalue weighted by molar-refractivity contribution is 0.0532. The van der Waals surface area contributed by atoms with Gasteiger partial charge in [0.05, 0.1) is 0 Å². The third-order valence-corrected chi connectivity index (χ3v) is 2.69. The largest absolute Gasteiger partial charge is 0.384 e. The second-order valence-electron chi connectivity index (χ2n) is 4.49. The van der Waals surface area contributed by atoms with E-state index in [9.17, 15) is 9.50 Å². The highest BCUT2D eigenvalue weighted by Crippen LogP contribution is 2.27. The quantitative estimate of drug-likeness (QED) is 0.823. The van der Waals surface area contributed by atoms with Crippen LogP contribution in [0.2, 0.25) is 0 Å². The molecule has 0 aliphatic heterocycles. The predicted octanol–water partition coefficient (Wildman–Crippen LogP) is 2.26. The lowest BCUT2D eigenvalue weighted by Gasteiger charge is -2.26. The van der Waals surface area contributed by atoms with Gasteiger partial charge in [-0.25, -0.2) is 4.39 Å². The smallest absolute Gasteiger partial charge is 0.129 e. The van der Waals surface area contributed by atoms with E-state index in [1.165, 1.54) is 6.07 Å². The highest BCUT2D eigenvalue weighted by Gasteiger charge is 2.27. The number of aliphatic hydroxyl groups is 1. The zero-order valence-corrected chi connectivity index (χ0v) is 10.4. The van der Waals surface area contributed by atoms with Gasteiger partial charge < -0.3 is 10.4 Å². The van der Waals surface area contributed by atoms with E-state index < -0.39 is 5.60 Å². The fourth-order valence-corrected chi connectivity index (χ4v) is 2.05. The summed E-state index contributed by atoms with van der Waals surface area (Å²) in [6.45, 7) is 8.36. The first-order valence-electron chi connectivity index (χ1n) is 5.59. The van der Waals surface area contributed by atoms with Crippen LogP contribution in [0.25, 0.3) is 0 Å². The monoisotopic (exact) mass is 225 g/mol. The molecule has 0 aromatic heterocycles. The second-order valence-corrected chi connectivity index (χ2v) is 4.49. The topological polar surface area (TPSA) is 32.3 Å². The molecule has 1 aromatic rings. The first-order valence-corrected chi connectivity index (χ1v) is 5.59. The molecule has 0 radical (unpaired) electrons. The third-order valence-electron chi connectivity index (χ3n) is 2.69. The van der Waals surface area contributed by atoms with Crippen LogP contribution in [-0.4, -0.2) is 18.2 Å². The molecule has 3 heteroatoms. The number of likely N-dealkylation sites (N-methyl/N-ethyl adjacent to an activating group) is 1. The summed E-state index contributed by atoms with van der Waals surface area (Å²) < 4.78 is 13.8.